The third-order valence-electron chi connectivity index (χ3n) is 2.38. The fraction of sp³-hybridized carbons (Fsp3) is 0.417. The van der Waals surface area contributed by atoms with E-state index in [1.54, 1.807) is 19.1 Å². The number of ether oxygens (including phenoxy) is 1. The molecule has 5 heteroatoms. The van der Waals surface area contributed by atoms with Crippen molar-refractivity contribution in [3.05, 3.63) is 28.2 Å². The molecular formula is C12H15Br2NO2. The van der Waals surface area contributed by atoms with E-state index in [4.69, 9.17) is 4.74 Å². The van der Waals surface area contributed by atoms with Gasteiger partial charge in [0, 0.05) is 35.4 Å². The summed E-state index contributed by atoms with van der Waals surface area (Å²) in [6, 6.07) is 5.78. The van der Waals surface area contributed by atoms with Gasteiger partial charge in [0.05, 0.1) is 7.11 Å². The zero-order chi connectivity index (χ0) is 12.8. The number of hydrogen-bond donors (Lipinski definition) is 0. The maximum absolute atomic E-state index is 11.7. The van der Waals surface area contributed by atoms with Crippen molar-refractivity contribution in [2.45, 2.75) is 13.0 Å². The van der Waals surface area contributed by atoms with E-state index in [1.807, 2.05) is 18.2 Å². The molecule has 0 atom stereocenters. The van der Waals surface area contributed by atoms with Gasteiger partial charge in [0.25, 0.3) is 0 Å². The minimum absolute atomic E-state index is 0.115. The number of hydrogen-bond acceptors (Lipinski definition) is 2. The van der Waals surface area contributed by atoms with E-state index in [-0.39, 0.29) is 5.91 Å². The molecule has 1 aromatic rings. The number of carbonyl (C=O) groups excluding carboxylic acids is 1. The third kappa shape index (κ3) is 4.32. The normalized spacial score (nSPS) is 10.1. The molecule has 17 heavy (non-hydrogen) atoms. The first-order valence-electron chi connectivity index (χ1n) is 5.20. The van der Waals surface area contributed by atoms with Crippen LogP contribution in [0.15, 0.2) is 22.7 Å². The monoisotopic (exact) mass is 363 g/mol. The Morgan fingerprint density at radius 3 is 2.76 bits per heavy atom. The van der Waals surface area contributed by atoms with Crippen molar-refractivity contribution in [2.75, 3.05) is 19.5 Å². The average Bonchev–Trinajstić information content (AvgIpc) is 2.29. The fourth-order valence-electron chi connectivity index (χ4n) is 1.49. The van der Waals surface area contributed by atoms with E-state index in [1.165, 1.54) is 0 Å². The highest BCUT2D eigenvalue weighted by Gasteiger charge is 2.11. The first-order valence-corrected chi connectivity index (χ1v) is 7.12. The van der Waals surface area contributed by atoms with Crippen molar-refractivity contribution < 1.29 is 9.53 Å². The van der Waals surface area contributed by atoms with E-state index in [0.717, 1.165) is 15.8 Å². The maximum Gasteiger partial charge on any atom is 0.223 e. The molecule has 0 fully saturated rings. The standard InChI is InChI=1S/C12H15Br2NO2/c1-15(12(16)5-6-13)8-9-7-10(14)3-4-11(9)17-2/h3-4,7H,5-6,8H2,1-2H3. The highest BCUT2D eigenvalue weighted by Crippen LogP contribution is 2.24. The number of carbonyl (C=O) groups is 1. The lowest BCUT2D eigenvalue weighted by Crippen LogP contribution is -2.26. The van der Waals surface area contributed by atoms with E-state index in [2.05, 4.69) is 31.9 Å². The molecule has 0 aliphatic carbocycles. The molecule has 1 amide bonds. The Kier molecular flexibility index (Phi) is 5.98. The first-order chi connectivity index (χ1) is 8.08. The molecule has 0 aliphatic rings. The van der Waals surface area contributed by atoms with Crippen LogP contribution in [0.1, 0.15) is 12.0 Å². The number of amides is 1. The van der Waals surface area contributed by atoms with Gasteiger partial charge < -0.3 is 9.64 Å². The van der Waals surface area contributed by atoms with E-state index < -0.39 is 0 Å². The van der Waals surface area contributed by atoms with E-state index in [9.17, 15) is 4.79 Å². The van der Waals surface area contributed by atoms with Crippen molar-refractivity contribution in [3.8, 4) is 5.75 Å². The highest BCUT2D eigenvalue weighted by atomic mass is 79.9. The van der Waals surface area contributed by atoms with Gasteiger partial charge in [0.15, 0.2) is 0 Å². The summed E-state index contributed by atoms with van der Waals surface area (Å²) in [5, 5.41) is 0.686. The predicted octanol–water partition coefficient (Wildman–Crippen LogP) is 3.20. The van der Waals surface area contributed by atoms with Crippen LogP contribution in [-0.4, -0.2) is 30.3 Å². The number of halogens is 2. The van der Waals surface area contributed by atoms with Gasteiger partial charge in [-0.3, -0.25) is 4.79 Å². The second kappa shape index (κ2) is 7.01. The second-order valence-corrected chi connectivity index (χ2v) is 5.35. The lowest BCUT2D eigenvalue weighted by Gasteiger charge is -2.18. The molecular weight excluding hydrogens is 350 g/mol. The van der Waals surface area contributed by atoms with Gasteiger partial charge in [-0.25, -0.2) is 0 Å². The van der Waals surface area contributed by atoms with Crippen molar-refractivity contribution in [1.29, 1.82) is 0 Å². The van der Waals surface area contributed by atoms with Crippen LogP contribution in [0.2, 0.25) is 0 Å². The average molecular weight is 365 g/mol. The number of benzene rings is 1. The number of nitrogens with zero attached hydrogens (tertiary/aromatic N) is 1. The van der Waals surface area contributed by atoms with Crippen LogP contribution in [0.4, 0.5) is 0 Å². The Bertz CT molecular complexity index is 396. The topological polar surface area (TPSA) is 29.5 Å². The van der Waals surface area contributed by atoms with E-state index >= 15 is 0 Å². The van der Waals surface area contributed by atoms with Gasteiger partial charge in [0.1, 0.15) is 5.75 Å². The Morgan fingerprint density at radius 1 is 1.47 bits per heavy atom. The summed E-state index contributed by atoms with van der Waals surface area (Å²) in [6.45, 7) is 0.550. The summed E-state index contributed by atoms with van der Waals surface area (Å²) in [5.74, 6) is 0.913. The van der Waals surface area contributed by atoms with Crippen LogP contribution in [0.3, 0.4) is 0 Å². The molecule has 0 bridgehead atoms. The number of alkyl halides is 1. The van der Waals surface area contributed by atoms with Crippen LogP contribution in [0, 0.1) is 0 Å². The van der Waals surface area contributed by atoms with Crippen molar-refractivity contribution >= 4 is 37.8 Å². The Balaban J connectivity index is 2.79. The molecule has 3 nitrogen and oxygen atoms in total. The molecule has 94 valence electrons. The molecule has 0 radical (unpaired) electrons. The third-order valence-corrected chi connectivity index (χ3v) is 3.27. The van der Waals surface area contributed by atoms with Crippen molar-refractivity contribution in [2.24, 2.45) is 0 Å². The SMILES string of the molecule is COc1ccc(Br)cc1CN(C)C(=O)CCBr. The predicted molar refractivity (Wildman–Crippen MR) is 75.6 cm³/mol. The number of rotatable bonds is 5. The van der Waals surface area contributed by atoms with Gasteiger partial charge in [-0.05, 0) is 18.2 Å². The lowest BCUT2D eigenvalue weighted by atomic mass is 10.2. The van der Waals surface area contributed by atoms with Crippen molar-refractivity contribution in [3.63, 3.8) is 0 Å². The summed E-state index contributed by atoms with van der Waals surface area (Å²) < 4.78 is 6.25. The van der Waals surface area contributed by atoms with Gasteiger partial charge in [-0.2, -0.15) is 0 Å². The molecule has 0 N–H and O–H groups in total. The summed E-state index contributed by atoms with van der Waals surface area (Å²) in [5.41, 5.74) is 0.993. The summed E-state index contributed by atoms with van der Waals surface area (Å²) in [6.07, 6.45) is 0.507. The van der Waals surface area contributed by atoms with Gasteiger partial charge in [-0.15, -0.1) is 0 Å². The maximum atomic E-state index is 11.7. The smallest absolute Gasteiger partial charge is 0.223 e. The minimum Gasteiger partial charge on any atom is -0.496 e. The first kappa shape index (κ1) is 14.5. The van der Waals surface area contributed by atoms with Crippen LogP contribution in [0.25, 0.3) is 0 Å². The molecule has 1 aromatic carbocycles. The number of methoxy groups -OCH3 is 1. The van der Waals surface area contributed by atoms with Gasteiger partial charge in [0.2, 0.25) is 5.91 Å². The molecule has 0 unspecified atom stereocenters. The highest BCUT2D eigenvalue weighted by molar-refractivity contribution is 9.10. The molecule has 0 saturated carbocycles. The van der Waals surface area contributed by atoms with E-state index in [0.29, 0.717) is 18.3 Å². The van der Waals surface area contributed by atoms with Crippen LogP contribution in [-0.2, 0) is 11.3 Å². The zero-order valence-corrected chi connectivity index (χ0v) is 13.0. The Hall–Kier alpha value is -0.550. The summed E-state index contributed by atoms with van der Waals surface area (Å²) in [4.78, 5) is 13.4. The van der Waals surface area contributed by atoms with Gasteiger partial charge in [-0.1, -0.05) is 31.9 Å². The molecule has 0 heterocycles. The second-order valence-electron chi connectivity index (χ2n) is 3.64. The fourth-order valence-corrected chi connectivity index (χ4v) is 2.23. The summed E-state index contributed by atoms with van der Waals surface area (Å²) in [7, 11) is 3.43. The van der Waals surface area contributed by atoms with Crippen LogP contribution >= 0.6 is 31.9 Å². The quantitative estimate of drug-likeness (QED) is 0.751. The molecule has 1 rings (SSSR count). The Labute approximate surface area is 118 Å². The molecule has 0 aromatic heterocycles. The largest absolute Gasteiger partial charge is 0.496 e. The Morgan fingerprint density at radius 2 is 2.18 bits per heavy atom. The minimum atomic E-state index is 0.115. The van der Waals surface area contributed by atoms with Gasteiger partial charge >= 0.3 is 0 Å². The molecule has 0 aliphatic heterocycles. The lowest BCUT2D eigenvalue weighted by molar-refractivity contribution is -0.129. The van der Waals surface area contributed by atoms with Crippen LogP contribution in [0.5, 0.6) is 5.75 Å². The summed E-state index contributed by atoms with van der Waals surface area (Å²) >= 11 is 6.68. The van der Waals surface area contributed by atoms with Crippen molar-refractivity contribution in [1.82, 2.24) is 4.90 Å². The molecule has 0 spiro atoms. The van der Waals surface area contributed by atoms with Crippen LogP contribution < -0.4 is 4.74 Å². The molecule has 0 saturated heterocycles. The zero-order valence-electron chi connectivity index (χ0n) is 9.87.